The van der Waals surface area contributed by atoms with Crippen LogP contribution in [0.15, 0.2) is 41.1 Å². The molecule has 1 amide bonds. The second-order valence-corrected chi connectivity index (χ2v) is 4.78. The van der Waals surface area contributed by atoms with E-state index in [4.69, 9.17) is 4.74 Å². The van der Waals surface area contributed by atoms with Crippen LogP contribution in [-0.4, -0.2) is 18.5 Å². The summed E-state index contributed by atoms with van der Waals surface area (Å²) in [6.07, 6.45) is 2.62. The highest BCUT2D eigenvalue weighted by Gasteiger charge is 2.30. The Morgan fingerprint density at radius 3 is 2.67 bits per heavy atom. The van der Waals surface area contributed by atoms with Crippen LogP contribution in [0.5, 0.6) is 0 Å². The van der Waals surface area contributed by atoms with E-state index in [1.165, 1.54) is 0 Å². The number of hydrogen-bond donors (Lipinski definition) is 1. The first-order valence-corrected chi connectivity index (χ1v) is 7.07. The van der Waals surface area contributed by atoms with Crippen LogP contribution in [0.4, 0.5) is 0 Å². The smallest absolute Gasteiger partial charge is 0.340 e. The standard InChI is InChI=1S/C17H19NO3/c1-4-12-8-6-7-9-13(12)10-14-15(17(20)21-5-2)11(3)18-16(14)19/h6-10H,4-5H2,1-3H3,(H,18,19). The molecule has 1 heterocycles. The summed E-state index contributed by atoms with van der Waals surface area (Å²) >= 11 is 0. The van der Waals surface area contributed by atoms with Gasteiger partial charge in [0.25, 0.3) is 5.91 Å². The number of carbonyl (C=O) groups excluding carboxylic acids is 2. The average Bonchev–Trinajstić information content (AvgIpc) is 2.74. The summed E-state index contributed by atoms with van der Waals surface area (Å²) in [5.41, 5.74) is 3.31. The Labute approximate surface area is 124 Å². The number of aryl methyl sites for hydroxylation is 1. The molecule has 0 spiro atoms. The summed E-state index contributed by atoms with van der Waals surface area (Å²) in [7, 11) is 0. The molecule has 0 bridgehead atoms. The second kappa shape index (κ2) is 6.39. The zero-order chi connectivity index (χ0) is 15.4. The molecule has 21 heavy (non-hydrogen) atoms. The van der Waals surface area contributed by atoms with Crippen molar-refractivity contribution in [3.8, 4) is 0 Å². The maximum absolute atomic E-state index is 12.1. The molecule has 0 atom stereocenters. The van der Waals surface area contributed by atoms with Gasteiger partial charge in [0.15, 0.2) is 0 Å². The van der Waals surface area contributed by atoms with Crippen LogP contribution >= 0.6 is 0 Å². The van der Waals surface area contributed by atoms with Gasteiger partial charge in [0.1, 0.15) is 0 Å². The molecule has 1 aliphatic heterocycles. The molecule has 0 saturated carbocycles. The van der Waals surface area contributed by atoms with E-state index in [0.29, 0.717) is 16.8 Å². The Bertz CT molecular complexity index is 641. The number of allylic oxidation sites excluding steroid dienone is 1. The molecular weight excluding hydrogens is 266 g/mol. The summed E-state index contributed by atoms with van der Waals surface area (Å²) in [6.45, 7) is 5.78. The van der Waals surface area contributed by atoms with E-state index in [1.807, 2.05) is 24.3 Å². The number of benzene rings is 1. The first-order chi connectivity index (χ1) is 10.1. The van der Waals surface area contributed by atoms with Crippen molar-refractivity contribution in [3.63, 3.8) is 0 Å². The average molecular weight is 285 g/mol. The van der Waals surface area contributed by atoms with Crippen LogP contribution in [0.25, 0.3) is 6.08 Å². The zero-order valence-electron chi connectivity index (χ0n) is 12.5. The summed E-state index contributed by atoms with van der Waals surface area (Å²) in [5.74, 6) is -0.727. The summed E-state index contributed by atoms with van der Waals surface area (Å²) in [6, 6.07) is 7.83. The third-order valence-corrected chi connectivity index (χ3v) is 3.41. The highest BCUT2D eigenvalue weighted by Crippen LogP contribution is 2.26. The first kappa shape index (κ1) is 15.0. The van der Waals surface area contributed by atoms with Crippen LogP contribution in [0, 0.1) is 0 Å². The lowest BCUT2D eigenvalue weighted by Gasteiger charge is -2.06. The van der Waals surface area contributed by atoms with Gasteiger partial charge in [-0.1, -0.05) is 31.2 Å². The number of carbonyl (C=O) groups is 2. The maximum atomic E-state index is 12.1. The monoisotopic (exact) mass is 285 g/mol. The summed E-state index contributed by atoms with van der Waals surface area (Å²) in [4.78, 5) is 24.1. The highest BCUT2D eigenvalue weighted by atomic mass is 16.5. The molecular formula is C17H19NO3. The highest BCUT2D eigenvalue weighted by molar-refractivity contribution is 6.16. The van der Waals surface area contributed by atoms with Gasteiger partial charge in [0.05, 0.1) is 17.8 Å². The van der Waals surface area contributed by atoms with Crippen LogP contribution < -0.4 is 5.32 Å². The third kappa shape index (κ3) is 3.05. The molecule has 1 aliphatic rings. The lowest BCUT2D eigenvalue weighted by Crippen LogP contribution is -2.15. The number of hydrogen-bond acceptors (Lipinski definition) is 3. The lowest BCUT2D eigenvalue weighted by atomic mass is 9.99. The van der Waals surface area contributed by atoms with Crippen LogP contribution in [0.3, 0.4) is 0 Å². The van der Waals surface area contributed by atoms with Crippen molar-refractivity contribution in [1.29, 1.82) is 0 Å². The lowest BCUT2D eigenvalue weighted by molar-refractivity contribution is -0.138. The van der Waals surface area contributed by atoms with Gasteiger partial charge in [-0.3, -0.25) is 4.79 Å². The second-order valence-electron chi connectivity index (χ2n) is 4.78. The SMILES string of the molecule is CCOC(=O)C1=C(C)NC(=O)C1=Cc1ccccc1CC. The molecule has 0 fully saturated rings. The fraction of sp³-hybridized carbons (Fsp3) is 0.294. The third-order valence-electron chi connectivity index (χ3n) is 3.41. The van der Waals surface area contributed by atoms with Crippen LogP contribution in [0.1, 0.15) is 31.9 Å². The molecule has 1 aromatic rings. The molecule has 0 aliphatic carbocycles. The normalized spacial score (nSPS) is 16.3. The van der Waals surface area contributed by atoms with Gasteiger partial charge in [-0.05, 0) is 37.5 Å². The molecule has 0 saturated heterocycles. The minimum absolute atomic E-state index is 0.263. The number of nitrogens with one attached hydrogen (secondary N) is 1. The molecule has 0 aromatic heterocycles. The van der Waals surface area contributed by atoms with Crippen molar-refractivity contribution in [1.82, 2.24) is 5.32 Å². The molecule has 4 nitrogen and oxygen atoms in total. The Balaban J connectivity index is 2.47. The quantitative estimate of drug-likeness (QED) is 0.683. The predicted octanol–water partition coefficient (Wildman–Crippen LogP) is 2.60. The fourth-order valence-corrected chi connectivity index (χ4v) is 2.37. The Morgan fingerprint density at radius 2 is 2.00 bits per heavy atom. The number of amides is 1. The predicted molar refractivity (Wildman–Crippen MR) is 81.3 cm³/mol. The van der Waals surface area contributed by atoms with Gasteiger partial charge in [0.2, 0.25) is 0 Å². The minimum Gasteiger partial charge on any atom is -0.462 e. The molecule has 4 heteroatoms. The topological polar surface area (TPSA) is 55.4 Å². The summed E-state index contributed by atoms with van der Waals surface area (Å²) in [5, 5.41) is 2.69. The molecule has 0 radical (unpaired) electrons. The van der Waals surface area contributed by atoms with Gasteiger partial charge < -0.3 is 10.1 Å². The summed E-state index contributed by atoms with van der Waals surface area (Å²) < 4.78 is 5.04. The first-order valence-electron chi connectivity index (χ1n) is 7.07. The Hall–Kier alpha value is -2.36. The van der Waals surface area contributed by atoms with Crippen LogP contribution in [0.2, 0.25) is 0 Å². The number of ether oxygens (including phenoxy) is 1. The molecule has 1 N–H and O–H groups in total. The van der Waals surface area contributed by atoms with E-state index < -0.39 is 5.97 Å². The molecule has 110 valence electrons. The van der Waals surface area contributed by atoms with E-state index in [0.717, 1.165) is 17.5 Å². The van der Waals surface area contributed by atoms with Crippen molar-refractivity contribution >= 4 is 18.0 Å². The number of rotatable bonds is 4. The van der Waals surface area contributed by atoms with Crippen molar-refractivity contribution in [2.24, 2.45) is 0 Å². The van der Waals surface area contributed by atoms with Gasteiger partial charge in [-0.25, -0.2) is 4.79 Å². The van der Waals surface area contributed by atoms with Gasteiger partial charge >= 0.3 is 5.97 Å². The van der Waals surface area contributed by atoms with E-state index in [1.54, 1.807) is 19.9 Å². The largest absolute Gasteiger partial charge is 0.462 e. The van der Waals surface area contributed by atoms with E-state index in [-0.39, 0.29) is 12.5 Å². The van der Waals surface area contributed by atoms with Gasteiger partial charge in [-0.2, -0.15) is 0 Å². The van der Waals surface area contributed by atoms with Crippen molar-refractivity contribution in [3.05, 3.63) is 52.2 Å². The Morgan fingerprint density at radius 1 is 1.29 bits per heavy atom. The van der Waals surface area contributed by atoms with Crippen molar-refractivity contribution in [2.75, 3.05) is 6.61 Å². The maximum Gasteiger partial charge on any atom is 0.340 e. The van der Waals surface area contributed by atoms with Gasteiger partial charge in [0, 0.05) is 5.70 Å². The van der Waals surface area contributed by atoms with E-state index in [2.05, 4.69) is 12.2 Å². The molecule has 2 rings (SSSR count). The van der Waals surface area contributed by atoms with Crippen molar-refractivity contribution in [2.45, 2.75) is 27.2 Å². The fourth-order valence-electron chi connectivity index (χ4n) is 2.37. The van der Waals surface area contributed by atoms with E-state index >= 15 is 0 Å². The van der Waals surface area contributed by atoms with Gasteiger partial charge in [-0.15, -0.1) is 0 Å². The van der Waals surface area contributed by atoms with E-state index in [9.17, 15) is 9.59 Å². The Kier molecular flexibility index (Phi) is 4.58. The molecule has 1 aromatic carbocycles. The minimum atomic E-state index is -0.464. The zero-order valence-corrected chi connectivity index (χ0v) is 12.5. The van der Waals surface area contributed by atoms with Crippen LogP contribution in [-0.2, 0) is 20.7 Å². The van der Waals surface area contributed by atoms with Crippen molar-refractivity contribution < 1.29 is 14.3 Å². The molecule has 0 unspecified atom stereocenters. The number of esters is 1.